The summed E-state index contributed by atoms with van der Waals surface area (Å²) in [6.07, 6.45) is 11.4. The van der Waals surface area contributed by atoms with E-state index in [1.807, 2.05) is 25.1 Å². The Morgan fingerprint density at radius 2 is 2.04 bits per heavy atom. The summed E-state index contributed by atoms with van der Waals surface area (Å²) in [6.45, 7) is 8.10. The molecule has 0 aliphatic rings. The number of aromatic nitrogens is 1. The lowest BCUT2D eigenvalue weighted by Crippen LogP contribution is -2.25. The van der Waals surface area contributed by atoms with Crippen molar-refractivity contribution in [3.63, 3.8) is 0 Å². The number of hydrogen-bond donors (Lipinski definition) is 1. The number of halogens is 1. The second kappa shape index (κ2) is 14.4. The minimum Gasteiger partial charge on any atom is -0.375 e. The maximum atomic E-state index is 11.7. The summed E-state index contributed by atoms with van der Waals surface area (Å²) in [5.74, 6) is 0.455. The van der Waals surface area contributed by atoms with Crippen LogP contribution in [0.25, 0.3) is 0 Å². The fourth-order valence-electron chi connectivity index (χ4n) is 2.41. The maximum absolute atomic E-state index is 11.7. The second-order valence-electron chi connectivity index (χ2n) is 7.14. The Hall–Kier alpha value is -1.65. The number of nitrogens with one attached hydrogen (secondary N) is 1. The number of amides is 1. The molecule has 0 aliphatic carbocycles. The van der Waals surface area contributed by atoms with E-state index in [1.165, 1.54) is 6.42 Å². The van der Waals surface area contributed by atoms with Gasteiger partial charge >= 0.3 is 0 Å². The SMILES string of the molecule is CC(C=CCCCCCCOCc1cccc(Cl)n1)=CC(=O)NCC(C)C. The highest BCUT2D eigenvalue weighted by Crippen LogP contribution is 2.08. The Morgan fingerprint density at radius 1 is 1.26 bits per heavy atom. The monoisotopic (exact) mass is 392 g/mol. The van der Waals surface area contributed by atoms with Crippen LogP contribution in [0.1, 0.15) is 58.6 Å². The quantitative estimate of drug-likeness (QED) is 0.209. The molecule has 0 saturated carbocycles. The summed E-state index contributed by atoms with van der Waals surface area (Å²) < 4.78 is 5.62. The van der Waals surface area contributed by atoms with Crippen LogP contribution in [0.2, 0.25) is 5.15 Å². The predicted octanol–water partition coefficient (Wildman–Crippen LogP) is 5.48. The molecule has 27 heavy (non-hydrogen) atoms. The first-order valence-electron chi connectivity index (χ1n) is 9.79. The van der Waals surface area contributed by atoms with Gasteiger partial charge in [-0.05, 0) is 49.8 Å². The smallest absolute Gasteiger partial charge is 0.244 e. The zero-order chi connectivity index (χ0) is 19.9. The molecule has 150 valence electrons. The van der Waals surface area contributed by atoms with Crippen molar-refractivity contribution in [3.05, 3.63) is 52.8 Å². The Bertz CT molecular complexity index is 612. The lowest BCUT2D eigenvalue weighted by Gasteiger charge is -2.05. The van der Waals surface area contributed by atoms with Gasteiger partial charge in [-0.25, -0.2) is 4.98 Å². The van der Waals surface area contributed by atoms with E-state index in [4.69, 9.17) is 16.3 Å². The molecule has 1 heterocycles. The Morgan fingerprint density at radius 3 is 2.78 bits per heavy atom. The number of unbranched alkanes of at least 4 members (excludes halogenated alkanes) is 4. The molecule has 1 N–H and O–H groups in total. The van der Waals surface area contributed by atoms with Gasteiger partial charge in [0, 0.05) is 19.2 Å². The molecule has 0 atom stereocenters. The van der Waals surface area contributed by atoms with E-state index in [0.717, 1.165) is 43.6 Å². The molecule has 0 fully saturated rings. The van der Waals surface area contributed by atoms with Crippen molar-refractivity contribution < 1.29 is 9.53 Å². The fourth-order valence-corrected chi connectivity index (χ4v) is 2.59. The standard InChI is InChI=1S/C22H33ClN2O2/c1-18(2)16-24-22(26)15-19(3)11-8-6-4-5-7-9-14-27-17-20-12-10-13-21(23)25-20/h8,10-13,15,18H,4-7,9,14,16-17H2,1-3H3,(H,24,26). The van der Waals surface area contributed by atoms with E-state index in [1.54, 1.807) is 12.1 Å². The van der Waals surface area contributed by atoms with Crippen LogP contribution < -0.4 is 5.32 Å². The highest BCUT2D eigenvalue weighted by atomic mass is 35.5. The molecule has 0 radical (unpaired) electrons. The van der Waals surface area contributed by atoms with Crippen molar-refractivity contribution in [2.24, 2.45) is 5.92 Å². The van der Waals surface area contributed by atoms with Crippen molar-refractivity contribution in [2.45, 2.75) is 59.5 Å². The van der Waals surface area contributed by atoms with Gasteiger partial charge in [0.25, 0.3) is 0 Å². The van der Waals surface area contributed by atoms with E-state index in [-0.39, 0.29) is 5.91 Å². The summed E-state index contributed by atoms with van der Waals surface area (Å²) >= 11 is 5.84. The first-order valence-corrected chi connectivity index (χ1v) is 10.2. The number of carbonyl (C=O) groups excluding carboxylic acids is 1. The molecule has 0 spiro atoms. The molecule has 1 aromatic heterocycles. The molecule has 4 nitrogen and oxygen atoms in total. The molecule has 0 bridgehead atoms. The van der Waals surface area contributed by atoms with Crippen LogP contribution in [-0.4, -0.2) is 24.0 Å². The molecule has 0 unspecified atom stereocenters. The van der Waals surface area contributed by atoms with Gasteiger partial charge in [0.15, 0.2) is 0 Å². The zero-order valence-electron chi connectivity index (χ0n) is 16.8. The van der Waals surface area contributed by atoms with Crippen molar-refractivity contribution >= 4 is 17.5 Å². The van der Waals surface area contributed by atoms with Crippen LogP contribution in [0.3, 0.4) is 0 Å². The summed E-state index contributed by atoms with van der Waals surface area (Å²) in [7, 11) is 0. The molecule has 1 rings (SSSR count). The van der Waals surface area contributed by atoms with Crippen LogP contribution >= 0.6 is 11.6 Å². The largest absolute Gasteiger partial charge is 0.375 e. The van der Waals surface area contributed by atoms with Gasteiger partial charge in [-0.1, -0.05) is 56.5 Å². The van der Waals surface area contributed by atoms with E-state index < -0.39 is 0 Å². The minimum atomic E-state index is -0.0150. The third kappa shape index (κ3) is 13.2. The number of carbonyl (C=O) groups is 1. The minimum absolute atomic E-state index is 0.0150. The Labute approximate surface area is 169 Å². The molecule has 0 aromatic carbocycles. The lowest BCUT2D eigenvalue weighted by atomic mass is 10.1. The van der Waals surface area contributed by atoms with Crippen LogP contribution in [0.15, 0.2) is 42.0 Å². The van der Waals surface area contributed by atoms with E-state index in [0.29, 0.717) is 24.2 Å². The van der Waals surface area contributed by atoms with Gasteiger partial charge < -0.3 is 10.1 Å². The average molecular weight is 393 g/mol. The van der Waals surface area contributed by atoms with E-state index in [2.05, 4.69) is 30.2 Å². The van der Waals surface area contributed by atoms with Crippen LogP contribution in [-0.2, 0) is 16.1 Å². The lowest BCUT2D eigenvalue weighted by molar-refractivity contribution is -0.116. The molecule has 1 amide bonds. The van der Waals surface area contributed by atoms with Gasteiger partial charge in [-0.2, -0.15) is 0 Å². The van der Waals surface area contributed by atoms with Gasteiger partial charge in [0.2, 0.25) is 5.91 Å². The summed E-state index contributed by atoms with van der Waals surface area (Å²) in [5, 5.41) is 3.39. The number of hydrogen-bond acceptors (Lipinski definition) is 3. The van der Waals surface area contributed by atoms with Crippen LogP contribution in [0, 0.1) is 5.92 Å². The molecule has 1 aromatic rings. The fraction of sp³-hybridized carbons (Fsp3) is 0.545. The van der Waals surface area contributed by atoms with Crippen LogP contribution in [0.4, 0.5) is 0 Å². The Kier molecular flexibility index (Phi) is 12.5. The number of nitrogens with zero attached hydrogens (tertiary/aromatic N) is 1. The maximum Gasteiger partial charge on any atom is 0.244 e. The average Bonchev–Trinajstić information content (AvgIpc) is 2.61. The summed E-state index contributed by atoms with van der Waals surface area (Å²) in [6, 6.07) is 5.57. The normalized spacial score (nSPS) is 12.1. The summed E-state index contributed by atoms with van der Waals surface area (Å²) in [5.41, 5.74) is 1.85. The van der Waals surface area contributed by atoms with Crippen molar-refractivity contribution in [1.29, 1.82) is 0 Å². The number of rotatable bonds is 13. The molecular weight excluding hydrogens is 360 g/mol. The molecular formula is C22H33ClN2O2. The highest BCUT2D eigenvalue weighted by Gasteiger charge is 1.98. The second-order valence-corrected chi connectivity index (χ2v) is 7.52. The van der Waals surface area contributed by atoms with Gasteiger partial charge in [0.1, 0.15) is 5.15 Å². The van der Waals surface area contributed by atoms with Gasteiger partial charge in [-0.15, -0.1) is 0 Å². The third-order valence-corrected chi connectivity index (χ3v) is 4.07. The highest BCUT2D eigenvalue weighted by molar-refractivity contribution is 6.29. The van der Waals surface area contributed by atoms with Crippen LogP contribution in [0.5, 0.6) is 0 Å². The van der Waals surface area contributed by atoms with Crippen molar-refractivity contribution in [3.8, 4) is 0 Å². The first-order chi connectivity index (χ1) is 13.0. The predicted molar refractivity (Wildman–Crippen MR) is 113 cm³/mol. The van der Waals surface area contributed by atoms with Gasteiger partial charge in [0.05, 0.1) is 12.3 Å². The van der Waals surface area contributed by atoms with Gasteiger partial charge in [-0.3, -0.25) is 4.79 Å². The third-order valence-electron chi connectivity index (χ3n) is 3.86. The van der Waals surface area contributed by atoms with Crippen molar-refractivity contribution in [1.82, 2.24) is 10.3 Å². The number of ether oxygens (including phenoxy) is 1. The van der Waals surface area contributed by atoms with Crippen molar-refractivity contribution in [2.75, 3.05) is 13.2 Å². The molecule has 0 saturated heterocycles. The zero-order valence-corrected chi connectivity index (χ0v) is 17.6. The Balaban J connectivity index is 2.01. The number of pyridine rings is 1. The van der Waals surface area contributed by atoms with E-state index in [9.17, 15) is 4.79 Å². The van der Waals surface area contributed by atoms with E-state index >= 15 is 0 Å². The summed E-state index contributed by atoms with van der Waals surface area (Å²) in [4.78, 5) is 15.9. The topological polar surface area (TPSA) is 51.2 Å². The molecule has 5 heteroatoms. The number of allylic oxidation sites excluding steroid dienone is 3. The first kappa shape index (κ1) is 23.4. The molecule has 0 aliphatic heterocycles.